The topological polar surface area (TPSA) is 39.9 Å². The number of fused-ring (bicyclic) bond motifs is 3. The van der Waals surface area contributed by atoms with Crippen LogP contribution in [-0.4, -0.2) is 14.5 Å². The molecule has 0 aliphatic carbocycles. The summed E-state index contributed by atoms with van der Waals surface area (Å²) in [5, 5.41) is 0. The molecule has 3 rings (SSSR count). The predicted octanol–water partition coefficient (Wildman–Crippen LogP) is 1.77. The second-order valence-corrected chi connectivity index (χ2v) is 2.93. The van der Waals surface area contributed by atoms with Crippen molar-refractivity contribution in [2.24, 2.45) is 0 Å². The van der Waals surface area contributed by atoms with Crippen LogP contribution >= 0.6 is 0 Å². The molecule has 3 heterocycles. The standard InChI is InChI=1S/C10H7N3O/c1-2-11-7-8-9(1)14-6-5-13-4-3-12-10(8)13/h1-7H. The smallest absolute Gasteiger partial charge is 0.149 e. The number of pyridine rings is 1. The molecule has 0 aromatic carbocycles. The van der Waals surface area contributed by atoms with Crippen molar-refractivity contribution in [3.05, 3.63) is 37.1 Å². The fourth-order valence-corrected chi connectivity index (χ4v) is 1.46. The quantitative estimate of drug-likeness (QED) is 0.627. The molecule has 14 heavy (non-hydrogen) atoms. The average molecular weight is 185 g/mol. The highest BCUT2D eigenvalue weighted by molar-refractivity contribution is 5.66. The van der Waals surface area contributed by atoms with E-state index in [1.165, 1.54) is 0 Å². The fourth-order valence-electron chi connectivity index (χ4n) is 1.46. The van der Waals surface area contributed by atoms with Gasteiger partial charge in [0.05, 0.1) is 5.56 Å². The molecule has 0 saturated heterocycles. The Kier molecular flexibility index (Phi) is 1.41. The van der Waals surface area contributed by atoms with Crippen molar-refractivity contribution in [3.63, 3.8) is 0 Å². The van der Waals surface area contributed by atoms with Crippen LogP contribution in [0.25, 0.3) is 17.6 Å². The third kappa shape index (κ3) is 0.939. The predicted molar refractivity (Wildman–Crippen MR) is 51.4 cm³/mol. The summed E-state index contributed by atoms with van der Waals surface area (Å²) in [6.07, 6.45) is 10.5. The molecule has 0 amide bonds. The highest BCUT2D eigenvalue weighted by atomic mass is 16.5. The molecule has 1 aliphatic rings. The minimum absolute atomic E-state index is 0.779. The Morgan fingerprint density at radius 2 is 2.29 bits per heavy atom. The van der Waals surface area contributed by atoms with Crippen molar-refractivity contribution in [2.75, 3.05) is 0 Å². The number of rotatable bonds is 0. The van der Waals surface area contributed by atoms with Crippen molar-refractivity contribution in [1.82, 2.24) is 14.5 Å². The highest BCUT2D eigenvalue weighted by Gasteiger charge is 2.12. The Labute approximate surface area is 80.5 Å². The zero-order valence-electron chi connectivity index (χ0n) is 7.29. The van der Waals surface area contributed by atoms with Gasteiger partial charge in [-0.2, -0.15) is 0 Å². The summed E-state index contributed by atoms with van der Waals surface area (Å²) in [5.41, 5.74) is 0.905. The SMILES string of the molecule is C1=Cn2ccnc2-c2cnccc2O1. The molecular weight excluding hydrogens is 178 g/mol. The van der Waals surface area contributed by atoms with Crippen molar-refractivity contribution in [3.8, 4) is 17.1 Å². The van der Waals surface area contributed by atoms with Gasteiger partial charge in [0.1, 0.15) is 17.8 Å². The van der Waals surface area contributed by atoms with Crippen LogP contribution in [0.4, 0.5) is 0 Å². The molecule has 0 spiro atoms. The lowest BCUT2D eigenvalue weighted by atomic mass is 10.2. The number of ether oxygens (including phenoxy) is 1. The van der Waals surface area contributed by atoms with Gasteiger partial charge in [-0.1, -0.05) is 0 Å². The van der Waals surface area contributed by atoms with Crippen LogP contribution in [0.2, 0.25) is 0 Å². The second-order valence-electron chi connectivity index (χ2n) is 2.93. The Morgan fingerprint density at radius 1 is 1.29 bits per heavy atom. The largest absolute Gasteiger partial charge is 0.463 e. The first kappa shape index (κ1) is 7.32. The maximum Gasteiger partial charge on any atom is 0.149 e. The summed E-state index contributed by atoms with van der Waals surface area (Å²) >= 11 is 0. The van der Waals surface area contributed by atoms with Gasteiger partial charge in [0, 0.05) is 31.0 Å². The molecule has 0 bridgehead atoms. The Hall–Kier alpha value is -2.10. The number of aromatic nitrogens is 3. The number of hydrogen-bond acceptors (Lipinski definition) is 3. The molecule has 0 fully saturated rings. The van der Waals surface area contributed by atoms with Crippen LogP contribution in [0.5, 0.6) is 5.75 Å². The van der Waals surface area contributed by atoms with E-state index in [1.54, 1.807) is 24.9 Å². The maximum absolute atomic E-state index is 5.41. The number of hydrogen-bond donors (Lipinski definition) is 0. The van der Waals surface area contributed by atoms with E-state index in [9.17, 15) is 0 Å². The molecule has 0 N–H and O–H groups in total. The van der Waals surface area contributed by atoms with Crippen LogP contribution in [-0.2, 0) is 0 Å². The molecule has 4 nitrogen and oxygen atoms in total. The third-order valence-electron chi connectivity index (χ3n) is 2.11. The summed E-state index contributed by atoms with van der Waals surface area (Å²) in [5.74, 6) is 1.63. The minimum atomic E-state index is 0.779. The number of imidazole rings is 1. The Bertz CT molecular complexity index is 502. The van der Waals surface area contributed by atoms with Crippen LogP contribution in [0.15, 0.2) is 37.1 Å². The molecule has 0 atom stereocenters. The summed E-state index contributed by atoms with van der Waals surface area (Å²) in [4.78, 5) is 8.31. The van der Waals surface area contributed by atoms with Crippen LogP contribution in [0.1, 0.15) is 0 Å². The summed E-state index contributed by atoms with van der Waals surface area (Å²) < 4.78 is 7.30. The fraction of sp³-hybridized carbons (Fsp3) is 0. The van der Waals surface area contributed by atoms with E-state index in [0.717, 1.165) is 17.1 Å². The maximum atomic E-state index is 5.41. The van der Waals surface area contributed by atoms with Gasteiger partial charge in [-0.05, 0) is 6.07 Å². The first-order valence-electron chi connectivity index (χ1n) is 4.26. The summed E-state index contributed by atoms with van der Waals surface area (Å²) in [6.45, 7) is 0. The van der Waals surface area contributed by atoms with Crippen LogP contribution < -0.4 is 4.74 Å². The molecule has 2 aromatic rings. The van der Waals surface area contributed by atoms with E-state index in [0.29, 0.717) is 0 Å². The molecular formula is C10H7N3O. The molecule has 0 radical (unpaired) electrons. The van der Waals surface area contributed by atoms with Gasteiger partial charge in [-0.15, -0.1) is 0 Å². The highest BCUT2D eigenvalue weighted by Crippen LogP contribution is 2.29. The van der Waals surface area contributed by atoms with E-state index in [1.807, 2.05) is 23.0 Å². The van der Waals surface area contributed by atoms with Gasteiger partial charge in [0.25, 0.3) is 0 Å². The lowest BCUT2D eigenvalue weighted by Crippen LogP contribution is -1.89. The van der Waals surface area contributed by atoms with Gasteiger partial charge < -0.3 is 9.30 Å². The van der Waals surface area contributed by atoms with Crippen molar-refractivity contribution in [1.29, 1.82) is 0 Å². The second kappa shape index (κ2) is 2.70. The normalized spacial score (nSPS) is 12.6. The Balaban J connectivity index is 2.33. The van der Waals surface area contributed by atoms with Gasteiger partial charge in [0.2, 0.25) is 0 Å². The van der Waals surface area contributed by atoms with Gasteiger partial charge >= 0.3 is 0 Å². The molecule has 0 unspecified atom stereocenters. The zero-order chi connectivity index (χ0) is 9.38. The van der Waals surface area contributed by atoms with Gasteiger partial charge in [-0.3, -0.25) is 4.98 Å². The molecule has 1 aliphatic heterocycles. The van der Waals surface area contributed by atoms with Gasteiger partial charge in [0.15, 0.2) is 0 Å². The molecule has 68 valence electrons. The first-order valence-corrected chi connectivity index (χ1v) is 4.26. The van der Waals surface area contributed by atoms with E-state index in [2.05, 4.69) is 9.97 Å². The monoisotopic (exact) mass is 185 g/mol. The lowest BCUT2D eigenvalue weighted by Gasteiger charge is -2.02. The summed E-state index contributed by atoms with van der Waals surface area (Å²) in [6, 6.07) is 1.82. The van der Waals surface area contributed by atoms with Crippen LogP contribution in [0, 0.1) is 0 Å². The number of nitrogens with zero attached hydrogens (tertiary/aromatic N) is 3. The van der Waals surface area contributed by atoms with E-state index < -0.39 is 0 Å². The molecule has 4 heteroatoms. The van der Waals surface area contributed by atoms with E-state index >= 15 is 0 Å². The van der Waals surface area contributed by atoms with Gasteiger partial charge in [-0.25, -0.2) is 4.98 Å². The van der Waals surface area contributed by atoms with Crippen molar-refractivity contribution in [2.45, 2.75) is 0 Å². The lowest BCUT2D eigenvalue weighted by molar-refractivity contribution is 0.487. The minimum Gasteiger partial charge on any atom is -0.463 e. The zero-order valence-corrected chi connectivity index (χ0v) is 7.29. The van der Waals surface area contributed by atoms with E-state index in [-0.39, 0.29) is 0 Å². The molecule has 2 aromatic heterocycles. The average Bonchev–Trinajstić information content (AvgIpc) is 2.61. The van der Waals surface area contributed by atoms with Crippen molar-refractivity contribution < 1.29 is 4.74 Å². The van der Waals surface area contributed by atoms with E-state index in [4.69, 9.17) is 4.74 Å². The third-order valence-corrected chi connectivity index (χ3v) is 2.11. The van der Waals surface area contributed by atoms with Crippen LogP contribution in [0.3, 0.4) is 0 Å². The van der Waals surface area contributed by atoms with Crippen molar-refractivity contribution >= 4 is 6.20 Å². The summed E-state index contributed by atoms with van der Waals surface area (Å²) in [7, 11) is 0. The molecule has 0 saturated carbocycles. The first-order chi connectivity index (χ1) is 6.95. The Morgan fingerprint density at radius 3 is 3.29 bits per heavy atom.